The zero-order chi connectivity index (χ0) is 35.9. The van der Waals surface area contributed by atoms with Gasteiger partial charge in [0.2, 0.25) is 0 Å². The number of allylic oxidation sites excluding steroid dienone is 3. The first-order valence-electron chi connectivity index (χ1n) is 22.0. The summed E-state index contributed by atoms with van der Waals surface area (Å²) < 4.78 is 0. The fourth-order valence-electron chi connectivity index (χ4n) is 16.9. The minimum Gasteiger partial charge on any atom is -0.393 e. The molecule has 18 atom stereocenters. The van der Waals surface area contributed by atoms with Crippen molar-refractivity contribution in [1.82, 2.24) is 4.90 Å². The number of piperidine rings is 2. The average Bonchev–Trinajstić information content (AvgIpc) is 3.73. The molecule has 3 N–H and O–H groups in total. The number of aliphatic hydroxyl groups is 3. The topological polar surface area (TPSA) is 63.9 Å². The highest BCUT2D eigenvalue weighted by Crippen LogP contribution is 2.75. The third-order valence-electron chi connectivity index (χ3n) is 18.7. The zero-order valence-electron chi connectivity index (χ0n) is 32.1. The first-order valence-corrected chi connectivity index (χ1v) is 22.0. The lowest BCUT2D eigenvalue weighted by molar-refractivity contribution is -0.189. The maximum absolute atomic E-state index is 12.4. The van der Waals surface area contributed by atoms with Crippen molar-refractivity contribution < 1.29 is 15.3 Å². The monoisotopic (exact) mass is 713 g/mol. The van der Waals surface area contributed by atoms with Crippen LogP contribution in [0.25, 0.3) is 6.08 Å². The molecule has 0 unspecified atom stereocenters. The Labute approximate surface area is 318 Å². The SMILES string of the molecule is C[C@@H]1CC[C@H]2N(C1)C[C@H]1[C@H]3[C@@H]4C=CC[C@@]56C[C@]7(CC[C@@H]([C@@H]8C=Cc9ccccc9[C@@H]8c8ccccc8)C7)[C@H](O)C[C@H]5[C@@H](O)C[C@H]([C@H]3CC[C@H]1[C@]2(C)O)[C@H]46. The standard InChI is InChI=1S/C49H63NO3/c1-29-14-19-42-47(2,53)39-18-17-35-37-23-41(51)40-24-43(52)48(28-49(40)21-8-13-36(46(37)49)45(35)38(39)27-50(42)26-29)22-20-32(25-48)34-16-15-30-9-6-7-12-33(30)44(34)31-10-4-3-5-11-31/h3-13,15-16,29,32,34-46,51-53H,14,17-28H2,1-2H3/t29-,32-,34+,35-,36+,37-,38-,39-,40+,41+,42-,43-,44+,45-,46+,47+,48-,49-/m1/s1. The summed E-state index contributed by atoms with van der Waals surface area (Å²) in [6.07, 6.45) is 21.5. The van der Waals surface area contributed by atoms with Gasteiger partial charge in [0.1, 0.15) is 0 Å². The van der Waals surface area contributed by atoms with Gasteiger partial charge in [-0.1, -0.05) is 85.8 Å². The van der Waals surface area contributed by atoms with E-state index in [9.17, 15) is 15.3 Å². The third-order valence-corrected chi connectivity index (χ3v) is 18.7. The molecule has 5 saturated carbocycles. The molecule has 2 aliphatic heterocycles. The van der Waals surface area contributed by atoms with Crippen LogP contribution in [0.5, 0.6) is 0 Å². The van der Waals surface area contributed by atoms with E-state index in [0.717, 1.165) is 64.5 Å². The van der Waals surface area contributed by atoms with Crippen LogP contribution in [-0.4, -0.2) is 57.2 Å². The number of aliphatic hydroxyl groups excluding tert-OH is 2. The molecule has 4 heteroatoms. The second-order valence-electron chi connectivity index (χ2n) is 20.8. The molecule has 11 rings (SSSR count). The van der Waals surface area contributed by atoms with E-state index in [0.29, 0.717) is 71.1 Å². The van der Waals surface area contributed by atoms with Gasteiger partial charge >= 0.3 is 0 Å². The van der Waals surface area contributed by atoms with Gasteiger partial charge in [-0.05, 0) is 170 Å². The summed E-state index contributed by atoms with van der Waals surface area (Å²) in [6.45, 7) is 6.91. The molecule has 0 aromatic heterocycles. The Morgan fingerprint density at radius 2 is 1.62 bits per heavy atom. The number of hydrogen-bond donors (Lipinski definition) is 3. The molecule has 0 bridgehead atoms. The van der Waals surface area contributed by atoms with Gasteiger partial charge in [0.05, 0.1) is 17.8 Å². The number of nitrogens with zero attached hydrogens (tertiary/aromatic N) is 1. The highest BCUT2D eigenvalue weighted by Gasteiger charge is 2.71. The van der Waals surface area contributed by atoms with Crippen LogP contribution in [-0.2, 0) is 0 Å². The molecular weight excluding hydrogens is 651 g/mol. The van der Waals surface area contributed by atoms with Gasteiger partial charge in [0, 0.05) is 25.0 Å². The van der Waals surface area contributed by atoms with Crippen LogP contribution in [0.1, 0.15) is 107 Å². The Morgan fingerprint density at radius 3 is 2.49 bits per heavy atom. The second kappa shape index (κ2) is 12.1. The Hall–Kier alpha value is -2.24. The molecule has 9 aliphatic rings. The van der Waals surface area contributed by atoms with E-state index >= 15 is 0 Å². The highest BCUT2D eigenvalue weighted by molar-refractivity contribution is 5.60. The van der Waals surface area contributed by atoms with E-state index in [1.807, 2.05) is 0 Å². The average molecular weight is 714 g/mol. The van der Waals surface area contributed by atoms with Crippen LogP contribution < -0.4 is 0 Å². The van der Waals surface area contributed by atoms with Crippen molar-refractivity contribution in [2.75, 3.05) is 13.1 Å². The van der Waals surface area contributed by atoms with Crippen LogP contribution in [0, 0.1) is 75.9 Å². The van der Waals surface area contributed by atoms with Crippen molar-refractivity contribution in [2.45, 2.75) is 114 Å². The van der Waals surface area contributed by atoms with Crippen molar-refractivity contribution in [3.8, 4) is 0 Å². The maximum Gasteiger partial charge on any atom is 0.0805 e. The first kappa shape index (κ1) is 34.0. The van der Waals surface area contributed by atoms with Gasteiger partial charge in [-0.15, -0.1) is 0 Å². The van der Waals surface area contributed by atoms with Crippen LogP contribution in [0.3, 0.4) is 0 Å². The van der Waals surface area contributed by atoms with Crippen molar-refractivity contribution in [2.24, 2.45) is 75.9 Å². The molecule has 2 saturated heterocycles. The van der Waals surface area contributed by atoms with Crippen molar-refractivity contribution in [3.05, 3.63) is 89.5 Å². The molecule has 7 fully saturated rings. The largest absolute Gasteiger partial charge is 0.393 e. The quantitative estimate of drug-likeness (QED) is 0.273. The lowest BCUT2D eigenvalue weighted by Crippen LogP contribution is -2.67. The van der Waals surface area contributed by atoms with Crippen LogP contribution in [0.15, 0.2) is 72.8 Å². The highest BCUT2D eigenvalue weighted by atomic mass is 16.3. The van der Waals surface area contributed by atoms with E-state index < -0.39 is 5.60 Å². The molecule has 2 aromatic rings. The Kier molecular flexibility index (Phi) is 7.79. The molecule has 282 valence electrons. The molecular formula is C49H63NO3. The van der Waals surface area contributed by atoms with E-state index in [1.165, 1.54) is 36.0 Å². The van der Waals surface area contributed by atoms with E-state index in [-0.39, 0.29) is 29.0 Å². The number of rotatable bonds is 2. The van der Waals surface area contributed by atoms with Gasteiger partial charge in [-0.2, -0.15) is 0 Å². The Bertz CT molecular complexity index is 1780. The molecule has 2 aromatic carbocycles. The predicted octanol–water partition coefficient (Wildman–Crippen LogP) is 8.72. The molecule has 53 heavy (non-hydrogen) atoms. The maximum atomic E-state index is 12.4. The predicted molar refractivity (Wildman–Crippen MR) is 211 cm³/mol. The zero-order valence-corrected chi connectivity index (χ0v) is 32.1. The number of benzene rings is 2. The lowest BCUT2D eigenvalue weighted by atomic mass is 9.42. The summed E-state index contributed by atoms with van der Waals surface area (Å²) in [6, 6.07) is 20.5. The van der Waals surface area contributed by atoms with Crippen molar-refractivity contribution in [1.29, 1.82) is 0 Å². The van der Waals surface area contributed by atoms with Gasteiger partial charge in [-0.25, -0.2) is 0 Å². The van der Waals surface area contributed by atoms with E-state index in [2.05, 4.69) is 97.6 Å². The molecule has 0 radical (unpaired) electrons. The Balaban J connectivity index is 0.927. The second-order valence-corrected chi connectivity index (χ2v) is 20.8. The summed E-state index contributed by atoms with van der Waals surface area (Å²) in [5.41, 5.74) is 3.58. The summed E-state index contributed by atoms with van der Waals surface area (Å²) >= 11 is 0. The fourth-order valence-corrected chi connectivity index (χ4v) is 16.9. The molecule has 4 nitrogen and oxygen atoms in total. The van der Waals surface area contributed by atoms with Crippen molar-refractivity contribution >= 4 is 6.08 Å². The van der Waals surface area contributed by atoms with Gasteiger partial charge in [0.15, 0.2) is 0 Å². The Morgan fingerprint density at radius 1 is 0.792 bits per heavy atom. The minimum atomic E-state index is -0.622. The molecule has 2 spiro atoms. The summed E-state index contributed by atoms with van der Waals surface area (Å²) in [5, 5.41) is 37.0. The summed E-state index contributed by atoms with van der Waals surface area (Å²) in [7, 11) is 0. The van der Waals surface area contributed by atoms with Crippen molar-refractivity contribution in [3.63, 3.8) is 0 Å². The van der Waals surface area contributed by atoms with Gasteiger partial charge in [-0.3, -0.25) is 4.90 Å². The van der Waals surface area contributed by atoms with E-state index in [4.69, 9.17) is 0 Å². The van der Waals surface area contributed by atoms with Crippen LogP contribution in [0.4, 0.5) is 0 Å². The van der Waals surface area contributed by atoms with Crippen LogP contribution in [0.2, 0.25) is 0 Å². The number of fused-ring (bicyclic) bond motifs is 7. The first-order chi connectivity index (χ1) is 25.7. The van der Waals surface area contributed by atoms with Gasteiger partial charge < -0.3 is 15.3 Å². The normalized spacial score (nSPS) is 52.2. The molecule has 2 heterocycles. The fraction of sp³-hybridized carbons (Fsp3) is 0.673. The minimum absolute atomic E-state index is 0.0654. The smallest absolute Gasteiger partial charge is 0.0805 e. The van der Waals surface area contributed by atoms with Crippen LogP contribution >= 0.6 is 0 Å². The lowest BCUT2D eigenvalue weighted by Gasteiger charge is -2.63. The number of hydrogen-bond acceptors (Lipinski definition) is 4. The third kappa shape index (κ3) is 4.80. The van der Waals surface area contributed by atoms with Gasteiger partial charge in [0.25, 0.3) is 0 Å². The molecule has 0 amide bonds. The van der Waals surface area contributed by atoms with E-state index in [1.54, 1.807) is 0 Å². The summed E-state index contributed by atoms with van der Waals surface area (Å²) in [4.78, 5) is 2.73. The summed E-state index contributed by atoms with van der Waals surface area (Å²) in [5.74, 6) is 6.06. The molecule has 7 aliphatic carbocycles.